The van der Waals surface area contributed by atoms with E-state index >= 15 is 24.0 Å². The summed E-state index contributed by atoms with van der Waals surface area (Å²) in [4.78, 5) is 124. The summed E-state index contributed by atoms with van der Waals surface area (Å²) in [7, 11) is 2.64. The highest BCUT2D eigenvalue weighted by Crippen LogP contribution is 2.50. The lowest BCUT2D eigenvalue weighted by molar-refractivity contribution is -0.277. The molecule has 8 amide bonds. The van der Waals surface area contributed by atoms with Crippen molar-refractivity contribution < 1.29 is 128 Å². The lowest BCUT2D eigenvalue weighted by Crippen LogP contribution is -2.65. The van der Waals surface area contributed by atoms with Crippen molar-refractivity contribution in [2.75, 3.05) is 27.3 Å². The van der Waals surface area contributed by atoms with E-state index in [2.05, 4.69) is 51.1 Å². The number of phenols is 4. The Hall–Kier alpha value is -11.3. The number of ether oxygens (including phenoxy) is 7. The molecule has 119 heavy (non-hydrogen) atoms. The summed E-state index contributed by atoms with van der Waals surface area (Å²) in [5.41, 5.74) is 4.81. The summed E-state index contributed by atoms with van der Waals surface area (Å²) < 4.78 is 44.7. The van der Waals surface area contributed by atoms with Crippen LogP contribution in [-0.2, 0) is 60.7 Å². The number of halogens is 2. The number of nitrogens with two attached hydrogens (primary N) is 1. The van der Waals surface area contributed by atoms with Crippen molar-refractivity contribution in [3.05, 3.63) is 164 Å². The molecule has 8 aliphatic rings. The maximum absolute atomic E-state index is 16.7. The molecule has 0 unspecified atom stereocenters. The monoisotopic (exact) mass is 1690 g/mol. The van der Waals surface area contributed by atoms with Crippen LogP contribution >= 0.6 is 23.2 Å². The van der Waals surface area contributed by atoms with Gasteiger partial charge in [0, 0.05) is 56.6 Å². The number of hydrogen-bond acceptors (Lipinski definition) is 27. The number of amides is 8. The van der Waals surface area contributed by atoms with E-state index in [-0.39, 0.29) is 72.8 Å². The van der Waals surface area contributed by atoms with E-state index in [1.54, 1.807) is 0 Å². The minimum Gasteiger partial charge on any atom is -0.508 e. The normalized spacial score (nSPS) is 26.3. The minimum absolute atomic E-state index is 0.0702. The number of aliphatic hydroxyl groups excluding tert-OH is 7. The Morgan fingerprint density at radius 3 is 1.68 bits per heavy atom. The summed E-state index contributed by atoms with van der Waals surface area (Å²) in [6.45, 7) is 2.32. The number of fused-ring (bicyclic) bond motifs is 14. The van der Waals surface area contributed by atoms with Crippen LogP contribution in [0.3, 0.4) is 0 Å². The van der Waals surface area contributed by atoms with E-state index in [1.165, 1.54) is 74.8 Å². The second-order valence-electron chi connectivity index (χ2n) is 30.4. The summed E-state index contributed by atoms with van der Waals surface area (Å²) in [5.74, 6) is -14.1. The zero-order valence-corrected chi connectivity index (χ0v) is 65.8. The van der Waals surface area contributed by atoms with Crippen molar-refractivity contribution in [3.63, 3.8) is 0 Å². The first-order valence-corrected chi connectivity index (χ1v) is 39.0. The van der Waals surface area contributed by atoms with Crippen LogP contribution in [-0.4, -0.2) is 209 Å². The van der Waals surface area contributed by atoms with E-state index < -0.39 is 240 Å². The molecule has 15 rings (SSSR count). The molecule has 7 aromatic carbocycles. The molecule has 8 heterocycles. The van der Waals surface area contributed by atoms with Gasteiger partial charge in [-0.15, -0.1) is 0 Å². The molecule has 632 valence electrons. The molecule has 0 aromatic heterocycles. The Labute approximate surface area is 689 Å². The third-order valence-electron chi connectivity index (χ3n) is 21.2. The van der Waals surface area contributed by atoms with Gasteiger partial charge < -0.3 is 137 Å². The zero-order valence-electron chi connectivity index (χ0n) is 64.3. The van der Waals surface area contributed by atoms with Crippen LogP contribution in [0.25, 0.3) is 11.1 Å². The lowest BCUT2D eigenvalue weighted by Gasteiger charge is -2.42. The second kappa shape index (κ2) is 36.1. The Balaban J connectivity index is 1.04. The number of aliphatic hydroxyl groups is 7. The van der Waals surface area contributed by atoms with Gasteiger partial charge in [0.15, 0.2) is 23.0 Å². The quantitative estimate of drug-likeness (QED) is 0.0652. The number of nitrogens with zero attached hydrogens (tertiary/aromatic N) is 1. The predicted molar refractivity (Wildman–Crippen MR) is 419 cm³/mol. The van der Waals surface area contributed by atoms with Gasteiger partial charge in [0.1, 0.15) is 131 Å². The van der Waals surface area contributed by atoms with Gasteiger partial charge in [-0.1, -0.05) is 87.0 Å². The van der Waals surface area contributed by atoms with Crippen LogP contribution in [0, 0.1) is 5.92 Å². The van der Waals surface area contributed by atoms with Gasteiger partial charge in [0.2, 0.25) is 65.6 Å². The molecule has 8 aliphatic heterocycles. The molecule has 0 radical (unpaired) electrons. The number of hydrogen-bond donors (Lipinski definition) is 19. The third-order valence-corrected chi connectivity index (χ3v) is 21.8. The fourth-order valence-electron chi connectivity index (χ4n) is 14.8. The van der Waals surface area contributed by atoms with E-state index in [0.29, 0.717) is 18.8 Å². The summed E-state index contributed by atoms with van der Waals surface area (Å²) >= 11 is 14.5. The first-order valence-electron chi connectivity index (χ1n) is 38.2. The van der Waals surface area contributed by atoms with Crippen molar-refractivity contribution in [2.24, 2.45) is 11.7 Å². The topological polar surface area (TPSA) is 537 Å². The molecule has 17 bridgehead atoms. The SMILES string of the molecule is CC(C)CCCCCCC(=O)N[C@H]1[C@H](Oc2c3cc4cc2Oc2ccc(cc2Cl)C[C@H]2NC(=O)[C@@H](N)c5ccc(O)c(c5)Oc5cc(O)cc(c5)[C@H](NC2=O)C(=O)N[C@H]4C(=O)N[C@H]2C(=O)N[C@@H](Cc4ccc(c(Cl)c4)O3)C(=O)N[C@@H](C(=O)N(C)C)c3cc(O)cc(O[C@H]4O[C@H](CO)[C@@H](O)[C@H](O)[C@@H]4O)c3-c3cc2ccc3O)O[C@H](CO)[C@@H](O)[C@@H]1O. The molecule has 0 saturated carbocycles. The fourth-order valence-corrected chi connectivity index (χ4v) is 15.3. The Bertz CT molecular complexity index is 5080. The fraction of sp³-hybridized carbons (Fsp3) is 0.390. The number of phenolic OH excluding ortho intramolecular Hbond substituents is 4. The molecule has 7 aromatic rings. The Morgan fingerprint density at radius 2 is 1.07 bits per heavy atom. The van der Waals surface area contributed by atoms with Gasteiger partial charge in [-0.2, -0.15) is 0 Å². The highest BCUT2D eigenvalue weighted by Gasteiger charge is 2.49. The highest BCUT2D eigenvalue weighted by molar-refractivity contribution is 6.32. The highest BCUT2D eigenvalue weighted by atomic mass is 35.5. The molecule has 20 N–H and O–H groups in total. The molecular weight excluding hydrogens is 1600 g/mol. The standard InChI is InChI=1S/C82H89Cl2N9O26/c1-34(2)9-7-5-6-8-10-60(100)88-67-70(103)68(101)58(32-94)117-81(67)119-73-56-27-40-28-57(73)115-53-18-12-36(20-47(53)84)22-49-75(107)92-66(80(112)93(3)4)45-30-42(97)31-55(116-82-72(105)71(104)69(102)59(33-95)118-82)61(45)44-25-38(14-15-50(44)98)63(77(109)87-49)90-79(111)65(40)91-78(110)64-39-23-41(96)29-43(24-39)113-54-26-37(13-16-51(54)99)62(85)76(108)86-48(74(106)89-64)21-35-11-17-52(114-56)46(83)19-35/h11-20,23-31,34,48-49,58-59,62-72,81-82,94-99,101-105H,5-10,21-22,32-33,85H2,1-4H3,(H,86,108)(H,87,109)(H,88,100)(H,89,106)(H,90,111)(H,91,110)(H,92,107)/t48-,49+,58-,59-,62+,63-,64+,65-,66-,67-,68-,69-,70-,71+,72+,81+,82+/m1/s1. The van der Waals surface area contributed by atoms with Gasteiger partial charge in [0.25, 0.3) is 0 Å². The van der Waals surface area contributed by atoms with Crippen molar-refractivity contribution in [2.45, 2.75) is 169 Å². The first-order chi connectivity index (χ1) is 56.7. The number of nitrogens with one attached hydrogen (secondary N) is 7. The number of benzene rings is 7. The Kier molecular flexibility index (Phi) is 26.0. The van der Waals surface area contributed by atoms with E-state index in [9.17, 15) is 70.6 Å². The Morgan fingerprint density at radius 1 is 0.529 bits per heavy atom. The van der Waals surface area contributed by atoms with Gasteiger partial charge in [-0.3, -0.25) is 38.4 Å². The molecule has 2 saturated heterocycles. The van der Waals surface area contributed by atoms with Crippen LogP contribution in [0.15, 0.2) is 115 Å². The van der Waals surface area contributed by atoms with Crippen LogP contribution in [0.4, 0.5) is 0 Å². The number of carbonyl (C=O) groups excluding carboxylic acids is 8. The van der Waals surface area contributed by atoms with E-state index in [0.717, 1.165) is 78.8 Å². The number of unbranched alkanes of at least 4 members (excludes halogenated alkanes) is 3. The largest absolute Gasteiger partial charge is 0.508 e. The van der Waals surface area contributed by atoms with E-state index in [1.807, 2.05) is 0 Å². The van der Waals surface area contributed by atoms with Crippen LogP contribution < -0.4 is 66.6 Å². The lowest BCUT2D eigenvalue weighted by atomic mass is 9.89. The predicted octanol–water partition coefficient (Wildman–Crippen LogP) is 3.56. The molecule has 17 atom stereocenters. The molecule has 37 heteroatoms. The van der Waals surface area contributed by atoms with Crippen molar-refractivity contribution in [1.29, 1.82) is 0 Å². The molecule has 35 nitrogen and oxygen atoms in total. The summed E-state index contributed by atoms with van der Waals surface area (Å²) in [6.07, 6.45) is -14.4. The smallest absolute Gasteiger partial charge is 0.249 e. The van der Waals surface area contributed by atoms with Gasteiger partial charge in [-0.25, -0.2) is 0 Å². The van der Waals surface area contributed by atoms with Gasteiger partial charge in [-0.05, 0) is 130 Å². The maximum Gasteiger partial charge on any atom is 0.249 e. The van der Waals surface area contributed by atoms with E-state index in [4.69, 9.17) is 62.1 Å². The van der Waals surface area contributed by atoms with Gasteiger partial charge >= 0.3 is 0 Å². The third kappa shape index (κ3) is 18.8. The van der Waals surface area contributed by atoms with Crippen molar-refractivity contribution in [1.82, 2.24) is 42.1 Å². The van der Waals surface area contributed by atoms with Crippen LogP contribution in [0.1, 0.15) is 122 Å². The van der Waals surface area contributed by atoms with Crippen molar-refractivity contribution >= 4 is 70.5 Å². The maximum atomic E-state index is 16.7. The van der Waals surface area contributed by atoms with Gasteiger partial charge in [0.05, 0.1) is 23.3 Å². The average molecular weight is 1690 g/mol. The molecule has 2 fully saturated rings. The number of aromatic hydroxyl groups is 4. The number of carbonyl (C=O) groups is 8. The second-order valence-corrected chi connectivity index (χ2v) is 31.3. The first kappa shape index (κ1) is 85.6. The van der Waals surface area contributed by atoms with Crippen LogP contribution in [0.2, 0.25) is 10.0 Å². The zero-order chi connectivity index (χ0) is 85.3. The molecular formula is C82H89Cl2N9O26. The number of likely N-dealkylation sites (N-methyl/N-ethyl adjacent to an activating group) is 1. The molecule has 0 spiro atoms. The van der Waals surface area contributed by atoms with Crippen LogP contribution in [0.5, 0.6) is 69.0 Å². The summed E-state index contributed by atoms with van der Waals surface area (Å²) in [5, 5.41) is 143. The minimum atomic E-state index is -2.34. The van der Waals surface area contributed by atoms with Crippen molar-refractivity contribution in [3.8, 4) is 80.1 Å². The molecule has 0 aliphatic carbocycles. The number of rotatable bonds is 15. The average Bonchev–Trinajstić information content (AvgIpc) is 0.753. The summed E-state index contributed by atoms with van der Waals surface area (Å²) in [6, 6.07) is 7.30.